The van der Waals surface area contributed by atoms with E-state index in [-0.39, 0.29) is 24.1 Å². The minimum atomic E-state index is -0.296. The summed E-state index contributed by atoms with van der Waals surface area (Å²) in [5, 5.41) is 3.80. The molecule has 0 bridgehead atoms. The van der Waals surface area contributed by atoms with Crippen LogP contribution in [0.4, 0.5) is 5.69 Å². The van der Waals surface area contributed by atoms with Crippen molar-refractivity contribution in [3.63, 3.8) is 0 Å². The number of nitrogens with one attached hydrogen (secondary N) is 1. The highest BCUT2D eigenvalue weighted by Gasteiger charge is 2.14. The fraction of sp³-hybridized carbons (Fsp3) is 0.176. The number of para-hydroxylation sites is 1. The van der Waals surface area contributed by atoms with Crippen LogP contribution in [-0.4, -0.2) is 36.1 Å². The SMILES string of the molecule is CN(CC(=O)Nc1ccccc1Cl)C(=O)CSc1ccc(Cl)cc1. The molecule has 0 spiro atoms. The molecule has 0 radical (unpaired) electrons. The summed E-state index contributed by atoms with van der Waals surface area (Å²) in [5.41, 5.74) is 0.528. The molecule has 0 fully saturated rings. The molecule has 0 aromatic heterocycles. The Hall–Kier alpha value is -1.69. The number of hydrogen-bond acceptors (Lipinski definition) is 3. The topological polar surface area (TPSA) is 49.4 Å². The minimum Gasteiger partial charge on any atom is -0.336 e. The van der Waals surface area contributed by atoms with Crippen LogP contribution in [-0.2, 0) is 9.59 Å². The van der Waals surface area contributed by atoms with Crippen molar-refractivity contribution in [1.82, 2.24) is 4.90 Å². The molecule has 0 aliphatic heterocycles. The van der Waals surface area contributed by atoms with Crippen molar-refractivity contribution < 1.29 is 9.59 Å². The lowest BCUT2D eigenvalue weighted by atomic mass is 10.3. The lowest BCUT2D eigenvalue weighted by Crippen LogP contribution is -2.36. The zero-order valence-corrected chi connectivity index (χ0v) is 15.3. The number of hydrogen-bond donors (Lipinski definition) is 1. The van der Waals surface area contributed by atoms with E-state index in [1.165, 1.54) is 16.7 Å². The van der Waals surface area contributed by atoms with Gasteiger partial charge in [0.15, 0.2) is 0 Å². The number of carbonyl (C=O) groups excluding carboxylic acids is 2. The van der Waals surface area contributed by atoms with Gasteiger partial charge in [0, 0.05) is 17.0 Å². The summed E-state index contributed by atoms with van der Waals surface area (Å²) in [4.78, 5) is 26.4. The quantitative estimate of drug-likeness (QED) is 0.762. The summed E-state index contributed by atoms with van der Waals surface area (Å²) in [6.45, 7) is -0.0365. The molecule has 7 heteroatoms. The van der Waals surface area contributed by atoms with Gasteiger partial charge >= 0.3 is 0 Å². The van der Waals surface area contributed by atoms with Crippen LogP contribution >= 0.6 is 35.0 Å². The maximum atomic E-state index is 12.1. The number of amides is 2. The Balaban J connectivity index is 1.81. The Kier molecular flexibility index (Phi) is 6.97. The molecule has 0 unspecified atom stereocenters. The molecular formula is C17H16Cl2N2O2S. The average molecular weight is 383 g/mol. The Labute approximate surface area is 155 Å². The van der Waals surface area contributed by atoms with Gasteiger partial charge in [0.25, 0.3) is 0 Å². The molecule has 2 rings (SSSR count). The van der Waals surface area contributed by atoms with Crippen molar-refractivity contribution in [2.24, 2.45) is 0 Å². The molecule has 0 heterocycles. The molecule has 0 saturated carbocycles. The summed E-state index contributed by atoms with van der Waals surface area (Å²) in [6, 6.07) is 14.2. The Morgan fingerprint density at radius 1 is 1.08 bits per heavy atom. The number of benzene rings is 2. The van der Waals surface area contributed by atoms with Crippen molar-refractivity contribution in [3.8, 4) is 0 Å². The second-order valence-electron chi connectivity index (χ2n) is 5.02. The van der Waals surface area contributed by atoms with Gasteiger partial charge in [-0.2, -0.15) is 0 Å². The first kappa shape index (κ1) is 18.6. The van der Waals surface area contributed by atoms with E-state index in [1.54, 1.807) is 43.4 Å². The maximum absolute atomic E-state index is 12.1. The summed E-state index contributed by atoms with van der Waals surface area (Å²) in [7, 11) is 1.59. The minimum absolute atomic E-state index is 0.0365. The molecule has 2 aromatic carbocycles. The monoisotopic (exact) mass is 382 g/mol. The van der Waals surface area contributed by atoms with Crippen LogP contribution in [0.3, 0.4) is 0 Å². The molecule has 4 nitrogen and oxygen atoms in total. The summed E-state index contributed by atoms with van der Waals surface area (Å²) in [5.74, 6) is -0.183. The van der Waals surface area contributed by atoms with E-state index in [1.807, 2.05) is 12.1 Å². The molecular weight excluding hydrogens is 367 g/mol. The fourth-order valence-electron chi connectivity index (χ4n) is 1.84. The highest BCUT2D eigenvalue weighted by molar-refractivity contribution is 8.00. The van der Waals surface area contributed by atoms with Crippen molar-refractivity contribution in [1.29, 1.82) is 0 Å². The zero-order valence-electron chi connectivity index (χ0n) is 13.0. The number of halogens is 2. The van der Waals surface area contributed by atoms with Crippen molar-refractivity contribution in [2.45, 2.75) is 4.90 Å². The molecule has 2 amide bonds. The summed E-state index contributed by atoms with van der Waals surface area (Å²) in [6.07, 6.45) is 0. The van der Waals surface area contributed by atoms with Crippen molar-refractivity contribution in [3.05, 3.63) is 58.6 Å². The fourth-order valence-corrected chi connectivity index (χ4v) is 2.99. The molecule has 24 heavy (non-hydrogen) atoms. The average Bonchev–Trinajstić information content (AvgIpc) is 2.56. The number of nitrogens with zero attached hydrogens (tertiary/aromatic N) is 1. The third-order valence-electron chi connectivity index (χ3n) is 3.13. The van der Waals surface area contributed by atoms with Gasteiger partial charge in [0.2, 0.25) is 11.8 Å². The number of carbonyl (C=O) groups is 2. The number of thioether (sulfide) groups is 1. The number of rotatable bonds is 6. The van der Waals surface area contributed by atoms with Gasteiger partial charge in [-0.05, 0) is 36.4 Å². The summed E-state index contributed by atoms with van der Waals surface area (Å²) < 4.78 is 0. The van der Waals surface area contributed by atoms with Gasteiger partial charge in [-0.3, -0.25) is 9.59 Å². The van der Waals surface area contributed by atoms with Gasteiger partial charge in [-0.25, -0.2) is 0 Å². The molecule has 1 N–H and O–H groups in total. The molecule has 0 atom stereocenters. The lowest BCUT2D eigenvalue weighted by molar-refractivity contribution is -0.131. The van der Waals surface area contributed by atoms with Gasteiger partial charge in [-0.1, -0.05) is 35.3 Å². The normalized spacial score (nSPS) is 10.3. The smallest absolute Gasteiger partial charge is 0.244 e. The Bertz CT molecular complexity index is 723. The van der Waals surface area contributed by atoms with Gasteiger partial charge in [-0.15, -0.1) is 11.8 Å². The van der Waals surface area contributed by atoms with Crippen molar-refractivity contribution in [2.75, 3.05) is 24.7 Å². The first-order valence-corrected chi connectivity index (χ1v) is 8.86. The summed E-state index contributed by atoms with van der Waals surface area (Å²) >= 11 is 13.2. The van der Waals surface area contributed by atoms with Crippen molar-refractivity contribution >= 4 is 52.5 Å². The Morgan fingerprint density at radius 2 is 1.75 bits per heavy atom. The Morgan fingerprint density at radius 3 is 2.42 bits per heavy atom. The predicted molar refractivity (Wildman–Crippen MR) is 99.9 cm³/mol. The second kappa shape index (κ2) is 8.97. The van der Waals surface area contributed by atoms with E-state index in [9.17, 15) is 9.59 Å². The third-order valence-corrected chi connectivity index (χ3v) is 4.71. The van der Waals surface area contributed by atoms with Crippen LogP contribution in [0.2, 0.25) is 10.0 Å². The van der Waals surface area contributed by atoms with E-state index in [0.29, 0.717) is 15.7 Å². The zero-order chi connectivity index (χ0) is 17.5. The van der Waals surface area contributed by atoms with Crippen LogP contribution in [0.25, 0.3) is 0 Å². The van der Waals surface area contributed by atoms with Crippen LogP contribution in [0, 0.1) is 0 Å². The standard InChI is InChI=1S/C17H16Cl2N2O2S/c1-21(10-16(22)20-15-5-3-2-4-14(15)19)17(23)11-24-13-8-6-12(18)7-9-13/h2-9H,10-11H2,1H3,(H,20,22). The van der Waals surface area contributed by atoms with Crippen LogP contribution < -0.4 is 5.32 Å². The molecule has 0 saturated heterocycles. The largest absolute Gasteiger partial charge is 0.336 e. The maximum Gasteiger partial charge on any atom is 0.244 e. The molecule has 0 aliphatic rings. The van der Waals surface area contributed by atoms with Gasteiger partial charge < -0.3 is 10.2 Å². The molecule has 2 aromatic rings. The van der Waals surface area contributed by atoms with E-state index < -0.39 is 0 Å². The van der Waals surface area contributed by atoms with E-state index in [4.69, 9.17) is 23.2 Å². The van der Waals surface area contributed by atoms with Crippen LogP contribution in [0.5, 0.6) is 0 Å². The van der Waals surface area contributed by atoms with E-state index in [0.717, 1.165) is 4.90 Å². The third kappa shape index (κ3) is 5.74. The highest BCUT2D eigenvalue weighted by Crippen LogP contribution is 2.21. The number of anilines is 1. The van der Waals surface area contributed by atoms with Crippen LogP contribution in [0.1, 0.15) is 0 Å². The van der Waals surface area contributed by atoms with Crippen LogP contribution in [0.15, 0.2) is 53.4 Å². The predicted octanol–water partition coefficient (Wildman–Crippen LogP) is 4.18. The molecule has 126 valence electrons. The first-order valence-electron chi connectivity index (χ1n) is 7.12. The van der Waals surface area contributed by atoms with E-state index in [2.05, 4.69) is 5.32 Å². The first-order chi connectivity index (χ1) is 11.5. The van der Waals surface area contributed by atoms with Gasteiger partial charge in [0.1, 0.15) is 0 Å². The lowest BCUT2D eigenvalue weighted by Gasteiger charge is -2.17. The molecule has 0 aliphatic carbocycles. The van der Waals surface area contributed by atoms with E-state index >= 15 is 0 Å². The van der Waals surface area contributed by atoms with Gasteiger partial charge in [0.05, 0.1) is 23.0 Å². The highest BCUT2D eigenvalue weighted by atomic mass is 35.5. The number of likely N-dealkylation sites (N-methyl/N-ethyl adjacent to an activating group) is 1. The second-order valence-corrected chi connectivity index (χ2v) is 6.91.